The number of rotatable bonds is 6. The van der Waals surface area contributed by atoms with E-state index in [4.69, 9.17) is 4.52 Å². The van der Waals surface area contributed by atoms with Crippen LogP contribution in [0.3, 0.4) is 0 Å². The minimum absolute atomic E-state index is 0.0987. The zero-order chi connectivity index (χ0) is 17.8. The monoisotopic (exact) mass is 345 g/mol. The van der Waals surface area contributed by atoms with Crippen LogP contribution in [0.4, 0.5) is 0 Å². The predicted octanol–water partition coefficient (Wildman–Crippen LogP) is 2.63. The van der Waals surface area contributed by atoms with Crippen LogP contribution in [0.25, 0.3) is 0 Å². The Kier molecular flexibility index (Phi) is 5.50. The number of hydrogen-bond acceptors (Lipinski definition) is 5. The molecule has 3 heterocycles. The molecule has 1 aliphatic rings. The van der Waals surface area contributed by atoms with E-state index in [1.54, 1.807) is 4.68 Å². The van der Waals surface area contributed by atoms with Crippen LogP contribution >= 0.6 is 0 Å². The Morgan fingerprint density at radius 2 is 2.24 bits per heavy atom. The van der Waals surface area contributed by atoms with Crippen LogP contribution in [0, 0.1) is 13.8 Å². The van der Waals surface area contributed by atoms with Crippen LogP contribution in [0.15, 0.2) is 10.6 Å². The highest BCUT2D eigenvalue weighted by molar-refractivity contribution is 5.76. The van der Waals surface area contributed by atoms with Crippen molar-refractivity contribution in [2.24, 2.45) is 0 Å². The number of likely N-dealkylation sites (tertiary alicyclic amines) is 1. The van der Waals surface area contributed by atoms with E-state index in [9.17, 15) is 4.79 Å². The highest BCUT2D eigenvalue weighted by atomic mass is 16.5. The second-order valence-corrected chi connectivity index (χ2v) is 6.92. The maximum atomic E-state index is 12.7. The van der Waals surface area contributed by atoms with E-state index in [1.165, 1.54) is 0 Å². The Balaban J connectivity index is 1.61. The Hall–Kier alpha value is -2.18. The first-order valence-electron chi connectivity index (χ1n) is 9.18. The summed E-state index contributed by atoms with van der Waals surface area (Å²) in [6.07, 6.45) is 4.98. The number of aromatic nitrogens is 4. The maximum Gasteiger partial charge on any atom is 0.244 e. The molecule has 0 spiro atoms. The first kappa shape index (κ1) is 17.6. The summed E-state index contributed by atoms with van der Waals surface area (Å²) in [4.78, 5) is 19.1. The van der Waals surface area contributed by atoms with Gasteiger partial charge in [-0.25, -0.2) is 0 Å². The summed E-state index contributed by atoms with van der Waals surface area (Å²) < 4.78 is 7.23. The van der Waals surface area contributed by atoms with E-state index < -0.39 is 0 Å². The first-order chi connectivity index (χ1) is 12.1. The summed E-state index contributed by atoms with van der Waals surface area (Å²) in [5.41, 5.74) is 1.95. The average molecular weight is 345 g/mol. The van der Waals surface area contributed by atoms with Crippen molar-refractivity contribution in [1.82, 2.24) is 24.8 Å². The molecule has 1 atom stereocenters. The van der Waals surface area contributed by atoms with Crippen LogP contribution < -0.4 is 0 Å². The summed E-state index contributed by atoms with van der Waals surface area (Å²) in [6, 6.07) is 1.99. The van der Waals surface area contributed by atoms with E-state index in [-0.39, 0.29) is 18.4 Å². The lowest BCUT2D eigenvalue weighted by molar-refractivity contribution is -0.133. The number of carbonyl (C=O) groups is 1. The third-order valence-corrected chi connectivity index (χ3v) is 4.75. The zero-order valence-electron chi connectivity index (χ0n) is 15.4. The number of aryl methyl sites for hydroxylation is 3. The predicted molar refractivity (Wildman–Crippen MR) is 93.2 cm³/mol. The van der Waals surface area contributed by atoms with Gasteiger partial charge in [0.2, 0.25) is 11.8 Å². The van der Waals surface area contributed by atoms with Crippen molar-refractivity contribution in [2.45, 2.75) is 65.3 Å². The van der Waals surface area contributed by atoms with Gasteiger partial charge in [0.1, 0.15) is 6.54 Å². The van der Waals surface area contributed by atoms with Crippen molar-refractivity contribution in [3.8, 4) is 0 Å². The van der Waals surface area contributed by atoms with Crippen molar-refractivity contribution in [3.05, 3.63) is 29.2 Å². The van der Waals surface area contributed by atoms with Crippen LogP contribution in [-0.4, -0.2) is 43.8 Å². The second kappa shape index (κ2) is 7.80. The quantitative estimate of drug-likeness (QED) is 0.804. The summed E-state index contributed by atoms with van der Waals surface area (Å²) >= 11 is 0. The third-order valence-electron chi connectivity index (χ3n) is 4.75. The van der Waals surface area contributed by atoms with E-state index in [1.807, 2.05) is 24.8 Å². The lowest BCUT2D eigenvalue weighted by atomic mass is 9.98. The van der Waals surface area contributed by atoms with Gasteiger partial charge in [0.15, 0.2) is 5.82 Å². The molecule has 0 saturated carbocycles. The molecule has 2 aromatic rings. The minimum atomic E-state index is 0.0987. The molecule has 7 nitrogen and oxygen atoms in total. The van der Waals surface area contributed by atoms with Crippen molar-refractivity contribution in [2.75, 3.05) is 13.1 Å². The normalized spacial score (nSPS) is 17.9. The molecule has 0 aliphatic carbocycles. The molecule has 1 amide bonds. The molecule has 136 valence electrons. The topological polar surface area (TPSA) is 77.0 Å². The number of hydrogen-bond donors (Lipinski definition) is 0. The van der Waals surface area contributed by atoms with Gasteiger partial charge in [0.05, 0.1) is 11.6 Å². The lowest BCUT2D eigenvalue weighted by Gasteiger charge is -2.31. The lowest BCUT2D eigenvalue weighted by Crippen LogP contribution is -2.41. The van der Waals surface area contributed by atoms with Gasteiger partial charge >= 0.3 is 0 Å². The number of amides is 1. The smallest absolute Gasteiger partial charge is 0.244 e. The molecule has 0 bridgehead atoms. The molecule has 0 N–H and O–H groups in total. The van der Waals surface area contributed by atoms with Gasteiger partial charge in [-0.15, -0.1) is 0 Å². The first-order valence-corrected chi connectivity index (χ1v) is 9.18. The Bertz CT molecular complexity index is 721. The second-order valence-electron chi connectivity index (χ2n) is 6.92. The molecule has 0 radical (unpaired) electrons. The Morgan fingerprint density at radius 1 is 1.40 bits per heavy atom. The Morgan fingerprint density at radius 3 is 2.96 bits per heavy atom. The summed E-state index contributed by atoms with van der Waals surface area (Å²) in [5, 5.41) is 8.46. The summed E-state index contributed by atoms with van der Waals surface area (Å²) in [6.45, 7) is 7.78. The van der Waals surface area contributed by atoms with Gasteiger partial charge in [-0.3, -0.25) is 9.48 Å². The van der Waals surface area contributed by atoms with Gasteiger partial charge in [-0.2, -0.15) is 10.1 Å². The van der Waals surface area contributed by atoms with Gasteiger partial charge in [-0.1, -0.05) is 18.5 Å². The van der Waals surface area contributed by atoms with Gasteiger partial charge in [0.25, 0.3) is 0 Å². The molecular formula is C18H27N5O2. The molecule has 2 aromatic heterocycles. The molecule has 1 saturated heterocycles. The number of unbranched alkanes of at least 4 members (excludes halogenated alkanes) is 1. The number of nitrogens with zero attached hydrogens (tertiary/aromatic N) is 5. The standard InChI is InChI=1S/C18H27N5O2/c1-4-5-8-16-19-18(25-21-16)15-7-6-9-22(11-15)17(24)12-23-14(3)10-13(2)20-23/h10,15H,4-9,11-12H2,1-3H3/t15-/m1/s1. The molecule has 1 fully saturated rings. The van der Waals surface area contributed by atoms with Crippen LogP contribution in [0.5, 0.6) is 0 Å². The number of carbonyl (C=O) groups excluding carboxylic acids is 1. The van der Waals surface area contributed by atoms with Crippen molar-refractivity contribution in [3.63, 3.8) is 0 Å². The van der Waals surface area contributed by atoms with E-state index in [0.717, 1.165) is 55.9 Å². The highest BCUT2D eigenvalue weighted by Crippen LogP contribution is 2.26. The number of piperidine rings is 1. The molecule has 7 heteroatoms. The fraction of sp³-hybridized carbons (Fsp3) is 0.667. The maximum absolute atomic E-state index is 12.7. The van der Waals surface area contributed by atoms with Crippen molar-refractivity contribution < 1.29 is 9.32 Å². The van der Waals surface area contributed by atoms with Crippen LogP contribution in [-0.2, 0) is 17.8 Å². The van der Waals surface area contributed by atoms with Gasteiger partial charge in [-0.05, 0) is 39.2 Å². The van der Waals surface area contributed by atoms with Crippen LogP contribution in [0.1, 0.15) is 61.6 Å². The van der Waals surface area contributed by atoms with Crippen molar-refractivity contribution in [1.29, 1.82) is 0 Å². The minimum Gasteiger partial charge on any atom is -0.340 e. The van der Waals surface area contributed by atoms with E-state index >= 15 is 0 Å². The molecule has 25 heavy (non-hydrogen) atoms. The molecule has 1 aliphatic heterocycles. The highest BCUT2D eigenvalue weighted by Gasteiger charge is 2.28. The molecule has 0 aromatic carbocycles. The fourth-order valence-corrected chi connectivity index (χ4v) is 3.34. The zero-order valence-corrected chi connectivity index (χ0v) is 15.4. The molecule has 3 rings (SSSR count). The van der Waals surface area contributed by atoms with Crippen LogP contribution in [0.2, 0.25) is 0 Å². The van der Waals surface area contributed by atoms with E-state index in [0.29, 0.717) is 12.4 Å². The molecular weight excluding hydrogens is 318 g/mol. The molecule has 0 unspecified atom stereocenters. The SMILES string of the molecule is CCCCc1noc([C@@H]2CCCN(C(=O)Cn3nc(C)cc3C)C2)n1. The van der Waals surface area contributed by atoms with Crippen molar-refractivity contribution >= 4 is 5.91 Å². The summed E-state index contributed by atoms with van der Waals surface area (Å²) in [5.74, 6) is 1.69. The van der Waals surface area contributed by atoms with Gasteiger partial charge < -0.3 is 9.42 Å². The van der Waals surface area contributed by atoms with Gasteiger partial charge in [0, 0.05) is 25.2 Å². The summed E-state index contributed by atoms with van der Waals surface area (Å²) in [7, 11) is 0. The third kappa shape index (κ3) is 4.27. The fourth-order valence-electron chi connectivity index (χ4n) is 3.34. The van der Waals surface area contributed by atoms with E-state index in [2.05, 4.69) is 22.2 Å². The largest absolute Gasteiger partial charge is 0.340 e. The average Bonchev–Trinajstić information content (AvgIpc) is 3.19. The Labute approximate surface area is 148 Å².